The minimum atomic E-state index is -0.870. The lowest BCUT2D eigenvalue weighted by molar-refractivity contribution is -0.231. The first-order valence-corrected chi connectivity index (χ1v) is 12.7. The Labute approximate surface area is 218 Å². The monoisotopic (exact) mass is 504 g/mol. The van der Waals surface area contributed by atoms with Crippen LogP contribution in [0.1, 0.15) is 61.3 Å². The molecule has 0 atom stereocenters. The molecular weight excluding hydrogens is 468 g/mol. The van der Waals surface area contributed by atoms with Crippen LogP contribution >= 0.6 is 0 Å². The third-order valence-corrected chi connectivity index (χ3v) is 6.58. The van der Waals surface area contributed by atoms with Crippen molar-refractivity contribution >= 4 is 11.5 Å². The molecule has 1 heterocycles. The summed E-state index contributed by atoms with van der Waals surface area (Å²) in [5.74, 6) is 1.29. The average Bonchev–Trinajstić information content (AvgIpc) is 3.27. The Morgan fingerprint density at radius 3 is 2.65 bits per heavy atom. The quantitative estimate of drug-likeness (QED) is 0.250. The van der Waals surface area contributed by atoms with Gasteiger partial charge in [-0.15, -0.1) is 0 Å². The number of hydrogen-bond acceptors (Lipinski definition) is 6. The van der Waals surface area contributed by atoms with Crippen molar-refractivity contribution in [1.82, 2.24) is 10.5 Å². The molecule has 0 saturated carbocycles. The van der Waals surface area contributed by atoms with E-state index in [1.807, 2.05) is 31.2 Å². The van der Waals surface area contributed by atoms with Gasteiger partial charge in [-0.2, -0.15) is 0 Å². The lowest BCUT2D eigenvalue weighted by Crippen LogP contribution is -2.37. The summed E-state index contributed by atoms with van der Waals surface area (Å²) in [6, 6.07) is 14.3. The van der Waals surface area contributed by atoms with Crippen molar-refractivity contribution in [3.8, 4) is 17.2 Å². The molecule has 4 rings (SSSR count). The Bertz CT molecular complexity index is 1260. The van der Waals surface area contributed by atoms with Crippen molar-refractivity contribution in [1.29, 1.82) is 0 Å². The van der Waals surface area contributed by atoms with Crippen LogP contribution in [0.5, 0.6) is 5.75 Å². The minimum absolute atomic E-state index is 0.182. The highest BCUT2D eigenvalue weighted by Gasteiger charge is 2.21. The summed E-state index contributed by atoms with van der Waals surface area (Å²) < 4.78 is 17.3. The Balaban J connectivity index is 1.35. The van der Waals surface area contributed by atoms with E-state index in [1.54, 1.807) is 13.8 Å². The molecular formula is C30H36N2O5. The number of aromatic nitrogens is 1. The van der Waals surface area contributed by atoms with Crippen LogP contribution < -0.4 is 10.2 Å². The van der Waals surface area contributed by atoms with Gasteiger partial charge in [0.05, 0.1) is 12.3 Å². The molecule has 7 heteroatoms. The normalized spacial score (nSPS) is 13.2. The molecule has 1 aromatic heterocycles. The third-order valence-electron chi connectivity index (χ3n) is 6.58. The number of benzene rings is 2. The molecule has 3 aromatic rings. The maximum Gasteiger partial charge on any atom is 0.243 e. The summed E-state index contributed by atoms with van der Waals surface area (Å²) in [6.45, 7) is 7.98. The number of oxazole rings is 1. The summed E-state index contributed by atoms with van der Waals surface area (Å²) in [7, 11) is 1.53. The SMILES string of the molecule is COC(C)(C)ONC(=O)CCC1=CCCc2c(OCCc3nc(-c4ccc(C)cc4)oc3C)cccc21. The average molecular weight is 505 g/mol. The number of aryl methyl sites for hydroxylation is 2. The van der Waals surface area contributed by atoms with Crippen LogP contribution in [0.4, 0.5) is 0 Å². The van der Waals surface area contributed by atoms with Gasteiger partial charge < -0.3 is 13.9 Å². The van der Waals surface area contributed by atoms with Gasteiger partial charge in [0.15, 0.2) is 5.79 Å². The highest BCUT2D eigenvalue weighted by molar-refractivity contribution is 5.79. The number of carbonyl (C=O) groups excluding carboxylic acids is 1. The van der Waals surface area contributed by atoms with Gasteiger partial charge in [-0.25, -0.2) is 15.3 Å². The van der Waals surface area contributed by atoms with Crippen molar-refractivity contribution in [3.63, 3.8) is 0 Å². The van der Waals surface area contributed by atoms with E-state index in [-0.39, 0.29) is 5.91 Å². The summed E-state index contributed by atoms with van der Waals surface area (Å²) >= 11 is 0. The second-order valence-electron chi connectivity index (χ2n) is 9.77. The van der Waals surface area contributed by atoms with Gasteiger partial charge in [0.25, 0.3) is 0 Å². The number of rotatable bonds is 11. The van der Waals surface area contributed by atoms with Crippen molar-refractivity contribution in [2.24, 2.45) is 0 Å². The lowest BCUT2D eigenvalue weighted by atomic mass is 9.88. The first-order chi connectivity index (χ1) is 17.8. The van der Waals surface area contributed by atoms with Gasteiger partial charge in [-0.3, -0.25) is 4.79 Å². The zero-order valence-corrected chi connectivity index (χ0v) is 22.3. The molecule has 1 aliphatic carbocycles. The first-order valence-electron chi connectivity index (χ1n) is 12.7. The summed E-state index contributed by atoms with van der Waals surface area (Å²) in [5.41, 5.74) is 9.06. The van der Waals surface area contributed by atoms with E-state index >= 15 is 0 Å². The fraction of sp³-hybridized carbons (Fsp3) is 0.400. The number of methoxy groups -OCH3 is 1. The number of allylic oxidation sites excluding steroid dienone is 2. The van der Waals surface area contributed by atoms with Crippen molar-refractivity contribution in [2.45, 2.75) is 65.6 Å². The number of fused-ring (bicyclic) bond motifs is 1. The van der Waals surface area contributed by atoms with Gasteiger partial charge in [0.1, 0.15) is 11.5 Å². The fourth-order valence-corrected chi connectivity index (χ4v) is 4.25. The number of hydroxylamine groups is 1. The molecule has 0 fully saturated rings. The van der Waals surface area contributed by atoms with E-state index < -0.39 is 5.79 Å². The Morgan fingerprint density at radius 2 is 1.89 bits per heavy atom. The topological polar surface area (TPSA) is 82.8 Å². The van der Waals surface area contributed by atoms with Crippen LogP contribution in [0, 0.1) is 13.8 Å². The molecule has 196 valence electrons. The molecule has 0 radical (unpaired) electrons. The standard InChI is InChI=1S/C30H36N2O5/c1-20-12-14-23(15-13-20)29-31-26(21(2)36-29)18-19-35-27-11-7-9-24-22(8-6-10-25(24)27)16-17-28(33)32-37-30(3,4)34-5/h7-9,11-15H,6,10,16-19H2,1-5H3,(H,32,33). The molecule has 1 N–H and O–H groups in total. The minimum Gasteiger partial charge on any atom is -0.493 e. The van der Waals surface area contributed by atoms with Crippen LogP contribution in [0.3, 0.4) is 0 Å². The third kappa shape index (κ3) is 6.87. The number of ether oxygens (including phenoxy) is 2. The number of amides is 1. The number of carbonyl (C=O) groups is 1. The molecule has 7 nitrogen and oxygen atoms in total. The van der Waals surface area contributed by atoms with Gasteiger partial charge in [0, 0.05) is 31.1 Å². The number of nitrogens with one attached hydrogen (secondary N) is 1. The summed E-state index contributed by atoms with van der Waals surface area (Å²) in [6.07, 6.45) is 5.65. The molecule has 1 amide bonds. The first kappa shape index (κ1) is 26.6. The van der Waals surface area contributed by atoms with E-state index in [1.165, 1.54) is 18.2 Å². The van der Waals surface area contributed by atoms with E-state index in [0.717, 1.165) is 46.7 Å². The lowest BCUT2D eigenvalue weighted by Gasteiger charge is -2.23. The van der Waals surface area contributed by atoms with Gasteiger partial charge in [0.2, 0.25) is 11.8 Å². The second kappa shape index (κ2) is 11.8. The van der Waals surface area contributed by atoms with Crippen molar-refractivity contribution in [2.75, 3.05) is 13.7 Å². The predicted octanol–water partition coefficient (Wildman–Crippen LogP) is 6.12. The van der Waals surface area contributed by atoms with Crippen LogP contribution in [-0.2, 0) is 27.2 Å². The van der Waals surface area contributed by atoms with Crippen molar-refractivity contribution in [3.05, 3.63) is 76.7 Å². The zero-order valence-electron chi connectivity index (χ0n) is 22.3. The molecule has 0 spiro atoms. The molecule has 0 saturated heterocycles. The van der Waals surface area contributed by atoms with E-state index in [9.17, 15) is 4.79 Å². The largest absolute Gasteiger partial charge is 0.493 e. The van der Waals surface area contributed by atoms with Crippen molar-refractivity contribution < 1.29 is 23.5 Å². The summed E-state index contributed by atoms with van der Waals surface area (Å²) in [4.78, 5) is 22.3. The predicted molar refractivity (Wildman–Crippen MR) is 143 cm³/mol. The van der Waals surface area contributed by atoms with E-state index in [0.29, 0.717) is 31.8 Å². The Hall–Kier alpha value is -3.42. The molecule has 2 aromatic carbocycles. The molecule has 0 aliphatic heterocycles. The maximum absolute atomic E-state index is 12.3. The fourth-order valence-electron chi connectivity index (χ4n) is 4.25. The van der Waals surface area contributed by atoms with Crippen LogP contribution in [-0.4, -0.2) is 30.4 Å². The zero-order chi connectivity index (χ0) is 26.4. The van der Waals surface area contributed by atoms with E-state index in [4.69, 9.17) is 23.7 Å². The van der Waals surface area contributed by atoms with Crippen LogP contribution in [0.2, 0.25) is 0 Å². The highest BCUT2D eigenvalue weighted by atomic mass is 16.8. The highest BCUT2D eigenvalue weighted by Crippen LogP contribution is 2.35. The Morgan fingerprint density at radius 1 is 1.11 bits per heavy atom. The van der Waals surface area contributed by atoms with Gasteiger partial charge in [-0.1, -0.05) is 35.9 Å². The molecule has 37 heavy (non-hydrogen) atoms. The molecule has 0 bridgehead atoms. The maximum atomic E-state index is 12.3. The van der Waals surface area contributed by atoms with E-state index in [2.05, 4.69) is 36.7 Å². The van der Waals surface area contributed by atoms with Gasteiger partial charge >= 0.3 is 0 Å². The molecule has 1 aliphatic rings. The van der Waals surface area contributed by atoms with Crippen LogP contribution in [0.15, 0.2) is 53.0 Å². The number of hydrogen-bond donors (Lipinski definition) is 1. The molecule has 0 unspecified atom stereocenters. The number of nitrogens with zero attached hydrogens (tertiary/aromatic N) is 1. The second-order valence-corrected chi connectivity index (χ2v) is 9.77. The Kier molecular flexibility index (Phi) is 8.46. The smallest absolute Gasteiger partial charge is 0.243 e. The van der Waals surface area contributed by atoms with Gasteiger partial charge in [-0.05, 0) is 76.3 Å². The summed E-state index contributed by atoms with van der Waals surface area (Å²) in [5, 5.41) is 0. The van der Waals surface area contributed by atoms with Crippen LogP contribution in [0.25, 0.3) is 17.0 Å².